The molecule has 0 fully saturated rings. The molecule has 0 aliphatic rings. The Balaban J connectivity index is 2.41. The van der Waals surface area contributed by atoms with Crippen molar-refractivity contribution in [2.24, 2.45) is 7.05 Å². The number of aliphatic hydroxyl groups is 1. The molecule has 16 heavy (non-hydrogen) atoms. The van der Waals surface area contributed by atoms with E-state index < -0.39 is 17.7 Å². The van der Waals surface area contributed by atoms with Gasteiger partial charge < -0.3 is 9.67 Å². The van der Waals surface area contributed by atoms with Crippen LogP contribution in [0, 0.1) is 11.6 Å². The van der Waals surface area contributed by atoms with Gasteiger partial charge in [0.25, 0.3) is 0 Å². The molecule has 2 rings (SSSR count). The summed E-state index contributed by atoms with van der Waals surface area (Å²) in [5, 5.41) is 9.96. The zero-order valence-electron chi connectivity index (χ0n) is 8.69. The van der Waals surface area contributed by atoms with Crippen molar-refractivity contribution in [3.8, 4) is 0 Å². The highest BCUT2D eigenvalue weighted by atomic mass is 19.1. The first-order valence-electron chi connectivity index (χ1n) is 4.83. The maximum absolute atomic E-state index is 13.0. The molecule has 0 amide bonds. The van der Waals surface area contributed by atoms with Crippen molar-refractivity contribution in [1.29, 1.82) is 0 Å². The second-order valence-electron chi connectivity index (χ2n) is 3.65. The van der Waals surface area contributed by atoms with Crippen LogP contribution in [0.2, 0.25) is 0 Å². The lowest BCUT2D eigenvalue weighted by molar-refractivity contribution is 0.210. The number of nitrogens with zero attached hydrogens (tertiary/aromatic N) is 1. The molecule has 0 saturated carbocycles. The first-order chi connectivity index (χ1) is 7.58. The van der Waals surface area contributed by atoms with Crippen molar-refractivity contribution in [3.05, 3.63) is 59.4 Å². The summed E-state index contributed by atoms with van der Waals surface area (Å²) < 4.78 is 27.6. The quantitative estimate of drug-likeness (QED) is 0.830. The van der Waals surface area contributed by atoms with Crippen LogP contribution in [-0.4, -0.2) is 9.67 Å². The van der Waals surface area contributed by atoms with Crippen LogP contribution in [0.1, 0.15) is 17.4 Å². The predicted octanol–water partition coefficient (Wildman–Crippen LogP) is 2.39. The number of hydrogen-bond acceptors (Lipinski definition) is 1. The highest BCUT2D eigenvalue weighted by Crippen LogP contribution is 2.23. The highest BCUT2D eigenvalue weighted by Gasteiger charge is 2.14. The largest absolute Gasteiger partial charge is 0.382 e. The van der Waals surface area contributed by atoms with Crippen LogP contribution in [0.15, 0.2) is 36.5 Å². The molecule has 1 unspecified atom stereocenters. The average Bonchev–Trinajstić information content (AvgIpc) is 2.62. The van der Waals surface area contributed by atoms with Crippen LogP contribution in [-0.2, 0) is 7.05 Å². The molecule has 84 valence electrons. The molecule has 1 heterocycles. The first kappa shape index (κ1) is 10.8. The highest BCUT2D eigenvalue weighted by molar-refractivity contribution is 5.27. The first-order valence-corrected chi connectivity index (χ1v) is 4.83. The van der Waals surface area contributed by atoms with Gasteiger partial charge in [0.2, 0.25) is 0 Å². The normalized spacial score (nSPS) is 12.8. The molecule has 0 spiro atoms. The molecule has 2 aromatic rings. The van der Waals surface area contributed by atoms with Crippen molar-refractivity contribution < 1.29 is 13.9 Å². The van der Waals surface area contributed by atoms with E-state index in [1.807, 2.05) is 0 Å². The number of aliphatic hydroxyl groups excluding tert-OH is 1. The lowest BCUT2D eigenvalue weighted by atomic mass is 10.1. The second kappa shape index (κ2) is 4.06. The minimum absolute atomic E-state index is 0.208. The number of benzene rings is 1. The van der Waals surface area contributed by atoms with Crippen LogP contribution >= 0.6 is 0 Å². The van der Waals surface area contributed by atoms with E-state index in [0.717, 1.165) is 18.2 Å². The Morgan fingerprint density at radius 1 is 1.19 bits per heavy atom. The van der Waals surface area contributed by atoms with Gasteiger partial charge in [0, 0.05) is 19.3 Å². The van der Waals surface area contributed by atoms with E-state index in [2.05, 4.69) is 0 Å². The van der Waals surface area contributed by atoms with E-state index in [1.54, 1.807) is 29.9 Å². The molecule has 1 aromatic heterocycles. The van der Waals surface area contributed by atoms with Crippen molar-refractivity contribution in [2.45, 2.75) is 6.10 Å². The lowest BCUT2D eigenvalue weighted by Crippen LogP contribution is -2.05. The minimum atomic E-state index is -1.02. The summed E-state index contributed by atoms with van der Waals surface area (Å²) >= 11 is 0. The summed E-state index contributed by atoms with van der Waals surface area (Å²) in [7, 11) is 1.76. The van der Waals surface area contributed by atoms with Crippen LogP contribution in [0.5, 0.6) is 0 Å². The maximum Gasteiger partial charge on any atom is 0.126 e. The molecule has 1 atom stereocenters. The topological polar surface area (TPSA) is 25.2 Å². The Morgan fingerprint density at radius 2 is 1.81 bits per heavy atom. The molecule has 0 saturated heterocycles. The summed E-state index contributed by atoms with van der Waals surface area (Å²) in [4.78, 5) is 0. The number of hydrogen-bond donors (Lipinski definition) is 1. The van der Waals surface area contributed by atoms with E-state index in [-0.39, 0.29) is 5.56 Å². The average molecular weight is 223 g/mol. The Bertz CT molecular complexity index is 487. The molecule has 2 nitrogen and oxygen atoms in total. The fourth-order valence-corrected chi connectivity index (χ4v) is 1.66. The van der Waals surface area contributed by atoms with Crippen molar-refractivity contribution >= 4 is 0 Å². The number of halogens is 2. The fraction of sp³-hybridized carbons (Fsp3) is 0.167. The third-order valence-electron chi connectivity index (χ3n) is 2.46. The van der Waals surface area contributed by atoms with E-state index in [1.165, 1.54) is 0 Å². The van der Waals surface area contributed by atoms with Crippen LogP contribution < -0.4 is 0 Å². The van der Waals surface area contributed by atoms with E-state index in [0.29, 0.717) is 5.69 Å². The van der Waals surface area contributed by atoms with Crippen LogP contribution in [0.4, 0.5) is 8.78 Å². The summed E-state index contributed by atoms with van der Waals surface area (Å²) in [6.45, 7) is 0. The molecular formula is C12H11F2NO. The van der Waals surface area contributed by atoms with Gasteiger partial charge in [-0.05, 0) is 29.8 Å². The molecule has 4 heteroatoms. The third kappa shape index (κ3) is 1.97. The van der Waals surface area contributed by atoms with E-state index in [9.17, 15) is 13.9 Å². The Kier molecular flexibility index (Phi) is 2.75. The number of aromatic nitrogens is 1. The van der Waals surface area contributed by atoms with Crippen molar-refractivity contribution in [3.63, 3.8) is 0 Å². The van der Waals surface area contributed by atoms with Gasteiger partial charge in [-0.3, -0.25) is 0 Å². The van der Waals surface area contributed by atoms with Gasteiger partial charge in [-0.1, -0.05) is 0 Å². The smallest absolute Gasteiger partial charge is 0.126 e. The van der Waals surface area contributed by atoms with E-state index >= 15 is 0 Å². The van der Waals surface area contributed by atoms with Gasteiger partial charge in [-0.2, -0.15) is 0 Å². The molecule has 1 aromatic carbocycles. The van der Waals surface area contributed by atoms with E-state index in [4.69, 9.17) is 0 Å². The molecule has 1 N–H and O–H groups in total. The monoisotopic (exact) mass is 223 g/mol. The summed E-state index contributed by atoms with van der Waals surface area (Å²) in [6.07, 6.45) is 0.735. The van der Waals surface area contributed by atoms with Crippen molar-refractivity contribution in [1.82, 2.24) is 4.57 Å². The predicted molar refractivity (Wildman–Crippen MR) is 55.8 cm³/mol. The molecule has 0 radical (unpaired) electrons. The Hall–Kier alpha value is -1.68. The zero-order valence-corrected chi connectivity index (χ0v) is 8.69. The summed E-state index contributed by atoms with van der Waals surface area (Å²) in [5.74, 6) is -1.38. The van der Waals surface area contributed by atoms with Gasteiger partial charge in [-0.15, -0.1) is 0 Å². The van der Waals surface area contributed by atoms with Crippen LogP contribution in [0.25, 0.3) is 0 Å². The summed E-state index contributed by atoms with van der Waals surface area (Å²) in [6, 6.07) is 6.49. The summed E-state index contributed by atoms with van der Waals surface area (Å²) in [5.41, 5.74) is 0.796. The molecule has 0 aliphatic heterocycles. The van der Waals surface area contributed by atoms with Gasteiger partial charge in [-0.25, -0.2) is 8.78 Å². The zero-order chi connectivity index (χ0) is 11.7. The number of rotatable bonds is 2. The van der Waals surface area contributed by atoms with Gasteiger partial charge in [0.15, 0.2) is 0 Å². The van der Waals surface area contributed by atoms with Gasteiger partial charge >= 0.3 is 0 Å². The third-order valence-corrected chi connectivity index (χ3v) is 2.46. The van der Waals surface area contributed by atoms with Gasteiger partial charge in [0.1, 0.15) is 17.7 Å². The number of aryl methyl sites for hydroxylation is 1. The SMILES string of the molecule is Cn1cccc1C(O)c1cc(F)cc(F)c1. The fourth-order valence-electron chi connectivity index (χ4n) is 1.66. The Labute approximate surface area is 91.8 Å². The van der Waals surface area contributed by atoms with Crippen LogP contribution in [0.3, 0.4) is 0 Å². The molecule has 0 bridgehead atoms. The maximum atomic E-state index is 13.0. The second-order valence-corrected chi connectivity index (χ2v) is 3.65. The minimum Gasteiger partial charge on any atom is -0.382 e. The standard InChI is InChI=1S/C12H11F2NO/c1-15-4-2-3-11(15)12(16)8-5-9(13)7-10(14)6-8/h2-7,12,16H,1H3. The van der Waals surface area contributed by atoms with Gasteiger partial charge in [0.05, 0.1) is 5.69 Å². The van der Waals surface area contributed by atoms with Crippen molar-refractivity contribution in [2.75, 3.05) is 0 Å². The lowest BCUT2D eigenvalue weighted by Gasteiger charge is -2.12. The molecule has 0 aliphatic carbocycles. The molecular weight excluding hydrogens is 212 g/mol. The Morgan fingerprint density at radius 3 is 2.31 bits per heavy atom.